The number of hydrogen-bond acceptors (Lipinski definition) is 6. The number of nitrogens with zero attached hydrogens (tertiary/aromatic N) is 6. The lowest BCUT2D eigenvalue weighted by Crippen LogP contribution is -2.39. The van der Waals surface area contributed by atoms with E-state index >= 15 is 0 Å². The molecule has 1 aliphatic carbocycles. The standard InChI is InChI=1S/C19H25N7O2S/c1-3-15-9-18(26-13-22-23-14(26)2)7-8-19(15)29(27,28)24-16-5-4-6-17(10-16)25-11-20-21-12-25/h7-9,11-13,16-17,24H,3-6,10H2,1-2H3. The molecule has 9 nitrogen and oxygen atoms in total. The molecule has 2 atom stereocenters. The zero-order valence-electron chi connectivity index (χ0n) is 16.6. The van der Waals surface area contributed by atoms with E-state index in [0.29, 0.717) is 11.3 Å². The minimum absolute atomic E-state index is 0.106. The molecule has 0 radical (unpaired) electrons. The molecule has 0 bridgehead atoms. The molecule has 0 spiro atoms. The van der Waals surface area contributed by atoms with Gasteiger partial charge in [-0.3, -0.25) is 4.57 Å². The summed E-state index contributed by atoms with van der Waals surface area (Å²) in [4.78, 5) is 0.334. The lowest BCUT2D eigenvalue weighted by atomic mass is 9.91. The summed E-state index contributed by atoms with van der Waals surface area (Å²) in [5.41, 5.74) is 1.63. The maximum atomic E-state index is 13.2. The Hall–Kier alpha value is -2.59. The summed E-state index contributed by atoms with van der Waals surface area (Å²) in [6.45, 7) is 3.82. The molecule has 3 aromatic rings. The minimum atomic E-state index is -3.62. The molecule has 1 fully saturated rings. The summed E-state index contributed by atoms with van der Waals surface area (Å²) in [6.07, 6.45) is 9.16. The maximum Gasteiger partial charge on any atom is 0.241 e. The van der Waals surface area contributed by atoms with Crippen LogP contribution in [0.1, 0.15) is 50.0 Å². The number of aryl methyl sites for hydroxylation is 2. The highest BCUT2D eigenvalue weighted by molar-refractivity contribution is 7.89. The first kappa shape index (κ1) is 19.7. The lowest BCUT2D eigenvalue weighted by Gasteiger charge is -2.30. The highest BCUT2D eigenvalue weighted by Gasteiger charge is 2.28. The van der Waals surface area contributed by atoms with Gasteiger partial charge >= 0.3 is 0 Å². The zero-order valence-corrected chi connectivity index (χ0v) is 17.4. The number of nitrogens with one attached hydrogen (secondary N) is 1. The van der Waals surface area contributed by atoms with Crippen molar-refractivity contribution in [2.24, 2.45) is 0 Å². The first-order valence-electron chi connectivity index (χ1n) is 9.84. The first-order valence-corrected chi connectivity index (χ1v) is 11.3. The lowest BCUT2D eigenvalue weighted by molar-refractivity contribution is 0.305. The van der Waals surface area contributed by atoms with Crippen LogP contribution < -0.4 is 4.72 Å². The second-order valence-corrected chi connectivity index (χ2v) is 9.12. The van der Waals surface area contributed by atoms with Gasteiger partial charge in [0.05, 0.1) is 4.90 Å². The Morgan fingerprint density at radius 2 is 1.93 bits per heavy atom. The van der Waals surface area contributed by atoms with Crippen LogP contribution >= 0.6 is 0 Å². The molecule has 1 N–H and O–H groups in total. The molecule has 1 saturated carbocycles. The van der Waals surface area contributed by atoms with Gasteiger partial charge in [-0.1, -0.05) is 6.92 Å². The summed E-state index contributed by atoms with van der Waals surface area (Å²) >= 11 is 0. The van der Waals surface area contributed by atoms with E-state index in [1.54, 1.807) is 31.1 Å². The van der Waals surface area contributed by atoms with E-state index in [2.05, 4.69) is 25.1 Å². The number of rotatable bonds is 6. The predicted octanol–water partition coefficient (Wildman–Crippen LogP) is 2.19. The second-order valence-electron chi connectivity index (χ2n) is 7.44. The summed E-state index contributed by atoms with van der Waals surface area (Å²) in [5, 5.41) is 15.6. The Morgan fingerprint density at radius 1 is 1.14 bits per heavy atom. The van der Waals surface area contributed by atoms with Crippen LogP contribution in [-0.2, 0) is 16.4 Å². The average Bonchev–Trinajstić information content (AvgIpc) is 3.39. The number of benzene rings is 1. The molecular formula is C19H25N7O2S. The fraction of sp³-hybridized carbons (Fsp3) is 0.474. The smallest absolute Gasteiger partial charge is 0.241 e. The van der Waals surface area contributed by atoms with Crippen molar-refractivity contribution in [3.05, 3.63) is 48.6 Å². The van der Waals surface area contributed by atoms with Crippen LogP contribution in [0, 0.1) is 6.92 Å². The van der Waals surface area contributed by atoms with E-state index < -0.39 is 10.0 Å². The molecular weight excluding hydrogens is 390 g/mol. The van der Waals surface area contributed by atoms with Crippen molar-refractivity contribution in [2.45, 2.75) is 62.9 Å². The third kappa shape index (κ3) is 4.08. The topological polar surface area (TPSA) is 108 Å². The molecule has 2 heterocycles. The molecule has 2 aromatic heterocycles. The van der Waals surface area contributed by atoms with Crippen LogP contribution in [0.3, 0.4) is 0 Å². The third-order valence-electron chi connectivity index (χ3n) is 5.54. The molecule has 1 aliphatic rings. The summed E-state index contributed by atoms with van der Waals surface area (Å²) in [6, 6.07) is 5.48. The minimum Gasteiger partial charge on any atom is -0.317 e. The van der Waals surface area contributed by atoms with E-state index in [9.17, 15) is 8.42 Å². The zero-order chi connectivity index (χ0) is 20.4. The fourth-order valence-electron chi connectivity index (χ4n) is 4.02. The van der Waals surface area contributed by atoms with Gasteiger partial charge in [0.15, 0.2) is 0 Å². The molecule has 0 aliphatic heterocycles. The van der Waals surface area contributed by atoms with Crippen molar-refractivity contribution in [1.82, 2.24) is 34.3 Å². The highest BCUT2D eigenvalue weighted by Crippen LogP contribution is 2.29. The quantitative estimate of drug-likeness (QED) is 0.661. The normalized spacial score (nSPS) is 20.1. The number of sulfonamides is 1. The van der Waals surface area contributed by atoms with Gasteiger partial charge in [-0.05, 0) is 62.8 Å². The maximum absolute atomic E-state index is 13.2. The van der Waals surface area contributed by atoms with E-state index in [1.807, 2.05) is 29.0 Å². The van der Waals surface area contributed by atoms with Gasteiger partial charge in [-0.2, -0.15) is 0 Å². The van der Waals surface area contributed by atoms with Gasteiger partial charge in [0.1, 0.15) is 24.8 Å². The molecule has 0 amide bonds. The van der Waals surface area contributed by atoms with E-state index in [1.165, 1.54) is 0 Å². The fourth-order valence-corrected chi connectivity index (χ4v) is 5.60. The van der Waals surface area contributed by atoms with Crippen molar-refractivity contribution in [3.8, 4) is 5.69 Å². The van der Waals surface area contributed by atoms with Crippen LogP contribution in [-0.4, -0.2) is 44.0 Å². The van der Waals surface area contributed by atoms with Gasteiger partial charge in [0.25, 0.3) is 0 Å². The summed E-state index contributed by atoms with van der Waals surface area (Å²) in [5.74, 6) is 0.753. The molecule has 4 rings (SSSR count). The van der Waals surface area contributed by atoms with Gasteiger partial charge in [0.2, 0.25) is 10.0 Å². The first-order chi connectivity index (χ1) is 14.0. The van der Waals surface area contributed by atoms with Crippen LogP contribution in [0.25, 0.3) is 5.69 Å². The van der Waals surface area contributed by atoms with Crippen LogP contribution in [0.2, 0.25) is 0 Å². The Bertz CT molecular complexity index is 1080. The molecule has 154 valence electrons. The number of hydrogen-bond donors (Lipinski definition) is 1. The Morgan fingerprint density at radius 3 is 2.62 bits per heavy atom. The monoisotopic (exact) mass is 415 g/mol. The van der Waals surface area contributed by atoms with Crippen molar-refractivity contribution in [1.29, 1.82) is 0 Å². The summed E-state index contributed by atoms with van der Waals surface area (Å²) < 4.78 is 33.1. The van der Waals surface area contributed by atoms with Crippen LogP contribution in [0.15, 0.2) is 42.1 Å². The predicted molar refractivity (Wildman–Crippen MR) is 107 cm³/mol. The summed E-state index contributed by atoms with van der Waals surface area (Å²) in [7, 11) is -3.62. The average molecular weight is 416 g/mol. The van der Waals surface area contributed by atoms with Gasteiger partial charge in [-0.25, -0.2) is 13.1 Å². The van der Waals surface area contributed by atoms with Crippen LogP contribution in [0.5, 0.6) is 0 Å². The third-order valence-corrected chi connectivity index (χ3v) is 7.16. The molecule has 29 heavy (non-hydrogen) atoms. The largest absolute Gasteiger partial charge is 0.317 e. The van der Waals surface area contributed by atoms with Crippen molar-refractivity contribution in [3.63, 3.8) is 0 Å². The van der Waals surface area contributed by atoms with Gasteiger partial charge in [0, 0.05) is 17.8 Å². The Kier molecular flexibility index (Phi) is 5.46. The van der Waals surface area contributed by atoms with E-state index in [4.69, 9.17) is 0 Å². The second kappa shape index (κ2) is 8.03. The van der Waals surface area contributed by atoms with Gasteiger partial charge < -0.3 is 4.57 Å². The molecule has 1 aromatic carbocycles. The highest BCUT2D eigenvalue weighted by atomic mass is 32.2. The SMILES string of the molecule is CCc1cc(-n2cnnc2C)ccc1S(=O)(=O)NC1CCCC(n2cnnc2)C1. The van der Waals surface area contributed by atoms with Gasteiger partial charge in [-0.15, -0.1) is 20.4 Å². The molecule has 10 heteroatoms. The molecule has 2 unspecified atom stereocenters. The molecule has 0 saturated heterocycles. The van der Waals surface area contributed by atoms with Crippen molar-refractivity contribution >= 4 is 10.0 Å². The van der Waals surface area contributed by atoms with Crippen molar-refractivity contribution < 1.29 is 8.42 Å². The Balaban J connectivity index is 1.56. The Labute approximate surface area is 170 Å². The van der Waals surface area contributed by atoms with Crippen LogP contribution in [0.4, 0.5) is 0 Å². The van der Waals surface area contributed by atoms with E-state index in [-0.39, 0.29) is 12.1 Å². The van der Waals surface area contributed by atoms with E-state index in [0.717, 1.165) is 42.8 Å². The van der Waals surface area contributed by atoms with Crippen molar-refractivity contribution in [2.75, 3.05) is 0 Å². The number of aromatic nitrogens is 6.